The summed E-state index contributed by atoms with van der Waals surface area (Å²) in [6.45, 7) is 2.13. The summed E-state index contributed by atoms with van der Waals surface area (Å²) in [4.78, 5) is 6.99. The van der Waals surface area contributed by atoms with Gasteiger partial charge in [0.05, 0.1) is 23.7 Å². The average molecular weight is 442 g/mol. The fraction of sp³-hybridized carbons (Fsp3) is 0.500. The number of hydrogen-bond donors (Lipinski definition) is 0. The first-order valence-corrected chi connectivity index (χ1v) is 10.9. The smallest absolute Gasteiger partial charge is 0.370 e. The maximum absolute atomic E-state index is 12.7. The Balaban J connectivity index is 1.43. The van der Waals surface area contributed by atoms with E-state index in [0.29, 0.717) is 31.2 Å². The number of aromatic nitrogens is 2. The molecule has 10 heteroatoms. The van der Waals surface area contributed by atoms with Crippen LogP contribution < -0.4 is 0 Å². The Bertz CT molecular complexity index is 997. The molecule has 5 rings (SSSR count). The highest BCUT2D eigenvalue weighted by atomic mass is 32.2. The standard InChI is InChI=1S/C20H21F3N2O4S/c1-14-2-4-16(5-3-14)30(26,27)29-13-18-6-8-19(9-7-18,28-12-18)15-10-24-17(25-11-15)20(21,22)23/h2-5,10-11H,6-9,12-13H2,1H3. The molecule has 1 aromatic heterocycles. The normalized spacial score (nSPS) is 26.7. The van der Waals surface area contributed by atoms with E-state index in [4.69, 9.17) is 8.92 Å². The Morgan fingerprint density at radius 2 is 1.67 bits per heavy atom. The van der Waals surface area contributed by atoms with E-state index >= 15 is 0 Å². The van der Waals surface area contributed by atoms with Crippen LogP contribution in [0.4, 0.5) is 13.2 Å². The molecule has 2 aliphatic heterocycles. The van der Waals surface area contributed by atoms with Crippen molar-refractivity contribution in [2.45, 2.75) is 49.3 Å². The Morgan fingerprint density at radius 1 is 1.07 bits per heavy atom. The predicted octanol–water partition coefficient (Wildman–Crippen LogP) is 4.00. The molecule has 2 aromatic rings. The van der Waals surface area contributed by atoms with Crippen LogP contribution in [0.3, 0.4) is 0 Å². The van der Waals surface area contributed by atoms with E-state index in [9.17, 15) is 21.6 Å². The average Bonchev–Trinajstić information content (AvgIpc) is 2.74. The van der Waals surface area contributed by atoms with Crippen LogP contribution in [-0.2, 0) is 30.8 Å². The van der Waals surface area contributed by atoms with E-state index < -0.39 is 33.1 Å². The van der Waals surface area contributed by atoms with Gasteiger partial charge in [0, 0.05) is 23.4 Å². The Hall–Kier alpha value is -2.04. The zero-order chi connectivity index (χ0) is 21.6. The summed E-state index contributed by atoms with van der Waals surface area (Å²) in [7, 11) is -3.88. The van der Waals surface area contributed by atoms with Crippen molar-refractivity contribution in [2.24, 2.45) is 5.41 Å². The Kier molecular flexibility index (Phi) is 5.14. The molecular weight excluding hydrogens is 421 g/mol. The molecule has 1 aromatic carbocycles. The van der Waals surface area contributed by atoms with E-state index in [1.165, 1.54) is 24.5 Å². The van der Waals surface area contributed by atoms with Crippen LogP contribution in [0.25, 0.3) is 0 Å². The quantitative estimate of drug-likeness (QED) is 0.652. The third-order valence-corrected chi connectivity index (χ3v) is 7.31. The van der Waals surface area contributed by atoms with Crippen LogP contribution in [0.5, 0.6) is 0 Å². The number of nitrogens with zero attached hydrogens (tertiary/aromatic N) is 2. The summed E-state index contributed by atoms with van der Waals surface area (Å²) >= 11 is 0. The van der Waals surface area contributed by atoms with Crippen molar-refractivity contribution in [3.8, 4) is 0 Å². The summed E-state index contributed by atoms with van der Waals surface area (Å²) in [6, 6.07) is 6.44. The molecule has 3 fully saturated rings. The fourth-order valence-electron chi connectivity index (χ4n) is 4.01. The molecule has 3 heterocycles. The number of benzene rings is 1. The zero-order valence-corrected chi connectivity index (χ0v) is 17.1. The molecule has 162 valence electrons. The first-order chi connectivity index (χ1) is 14.0. The molecule has 0 amide bonds. The van der Waals surface area contributed by atoms with Gasteiger partial charge in [-0.3, -0.25) is 4.18 Å². The zero-order valence-electron chi connectivity index (χ0n) is 16.3. The maximum Gasteiger partial charge on any atom is 0.451 e. The summed E-state index contributed by atoms with van der Waals surface area (Å²) in [6.07, 6.45) is 0.102. The van der Waals surface area contributed by atoms with E-state index in [-0.39, 0.29) is 18.1 Å². The highest BCUT2D eigenvalue weighted by Gasteiger charge is 2.51. The van der Waals surface area contributed by atoms with Crippen LogP contribution in [0.2, 0.25) is 0 Å². The monoisotopic (exact) mass is 442 g/mol. The van der Waals surface area contributed by atoms with Gasteiger partial charge < -0.3 is 4.74 Å². The van der Waals surface area contributed by atoms with E-state index in [2.05, 4.69) is 9.97 Å². The van der Waals surface area contributed by atoms with Crippen LogP contribution in [0.15, 0.2) is 41.6 Å². The lowest BCUT2D eigenvalue weighted by molar-refractivity contribution is -0.197. The summed E-state index contributed by atoms with van der Waals surface area (Å²) < 4.78 is 74.4. The van der Waals surface area contributed by atoms with Gasteiger partial charge in [-0.2, -0.15) is 21.6 Å². The van der Waals surface area contributed by atoms with Gasteiger partial charge in [0.15, 0.2) is 0 Å². The van der Waals surface area contributed by atoms with E-state index in [1.54, 1.807) is 12.1 Å². The second-order valence-electron chi connectivity index (χ2n) is 8.11. The first-order valence-electron chi connectivity index (χ1n) is 9.54. The molecular formula is C20H21F3N2O4S. The SMILES string of the molecule is Cc1ccc(S(=O)(=O)OCC23CCC(c4cnc(C(F)(F)F)nc4)(CC2)OC3)cc1. The van der Waals surface area contributed by atoms with Gasteiger partial charge in [-0.25, -0.2) is 9.97 Å². The van der Waals surface area contributed by atoms with Crippen LogP contribution in [0.1, 0.15) is 42.6 Å². The lowest BCUT2D eigenvalue weighted by atomic mass is 9.65. The van der Waals surface area contributed by atoms with Gasteiger partial charge in [0.25, 0.3) is 10.1 Å². The molecule has 30 heavy (non-hydrogen) atoms. The molecule has 1 aliphatic carbocycles. The lowest BCUT2D eigenvalue weighted by Gasteiger charge is -2.52. The van der Waals surface area contributed by atoms with Crippen LogP contribution in [-0.4, -0.2) is 31.6 Å². The van der Waals surface area contributed by atoms with Crippen molar-refractivity contribution >= 4 is 10.1 Å². The second kappa shape index (κ2) is 7.28. The van der Waals surface area contributed by atoms with Crippen molar-refractivity contribution in [1.29, 1.82) is 0 Å². The lowest BCUT2D eigenvalue weighted by Crippen LogP contribution is -2.51. The number of rotatable bonds is 5. The third kappa shape index (κ3) is 3.95. The molecule has 3 aliphatic rings. The first kappa shape index (κ1) is 21.2. The molecule has 0 unspecified atom stereocenters. The number of alkyl halides is 3. The van der Waals surface area contributed by atoms with Crippen molar-refractivity contribution < 1.29 is 30.5 Å². The van der Waals surface area contributed by atoms with Crippen LogP contribution >= 0.6 is 0 Å². The van der Waals surface area contributed by atoms with Crippen molar-refractivity contribution in [3.05, 3.63) is 53.6 Å². The molecule has 0 atom stereocenters. The summed E-state index contributed by atoms with van der Waals surface area (Å²) in [5, 5.41) is 0. The van der Waals surface area contributed by atoms with E-state index in [0.717, 1.165) is 5.56 Å². The van der Waals surface area contributed by atoms with Crippen LogP contribution in [0, 0.1) is 12.3 Å². The highest BCUT2D eigenvalue weighted by Crippen LogP contribution is 2.53. The van der Waals surface area contributed by atoms with Gasteiger partial charge >= 0.3 is 6.18 Å². The van der Waals surface area contributed by atoms with Crippen molar-refractivity contribution in [3.63, 3.8) is 0 Å². The molecule has 0 spiro atoms. The number of aryl methyl sites for hydroxylation is 1. The van der Waals surface area contributed by atoms with Gasteiger partial charge in [-0.1, -0.05) is 17.7 Å². The van der Waals surface area contributed by atoms with Gasteiger partial charge in [-0.15, -0.1) is 0 Å². The molecule has 2 bridgehead atoms. The highest BCUT2D eigenvalue weighted by molar-refractivity contribution is 7.86. The largest absolute Gasteiger partial charge is 0.451 e. The maximum atomic E-state index is 12.7. The van der Waals surface area contributed by atoms with Crippen molar-refractivity contribution in [2.75, 3.05) is 13.2 Å². The number of halogens is 3. The van der Waals surface area contributed by atoms with Gasteiger partial charge in [0.1, 0.15) is 0 Å². The van der Waals surface area contributed by atoms with Gasteiger partial charge in [-0.05, 0) is 44.7 Å². The Morgan fingerprint density at radius 3 is 2.17 bits per heavy atom. The summed E-state index contributed by atoms with van der Waals surface area (Å²) in [5.74, 6) is -1.18. The molecule has 0 N–H and O–H groups in total. The fourth-order valence-corrected chi connectivity index (χ4v) is 5.02. The predicted molar refractivity (Wildman–Crippen MR) is 99.9 cm³/mol. The topological polar surface area (TPSA) is 78.4 Å². The second-order valence-corrected chi connectivity index (χ2v) is 9.72. The van der Waals surface area contributed by atoms with E-state index in [1.807, 2.05) is 6.92 Å². The molecule has 0 radical (unpaired) electrons. The third-order valence-electron chi connectivity index (χ3n) is 6.03. The molecule has 6 nitrogen and oxygen atoms in total. The minimum Gasteiger partial charge on any atom is -0.370 e. The number of ether oxygens (including phenoxy) is 1. The van der Waals surface area contributed by atoms with Crippen molar-refractivity contribution in [1.82, 2.24) is 9.97 Å². The Labute approximate surface area is 172 Å². The molecule has 1 saturated carbocycles. The minimum atomic E-state index is -4.59. The molecule has 2 saturated heterocycles. The summed E-state index contributed by atoms with van der Waals surface area (Å²) in [5.41, 5.74) is 0.287. The number of hydrogen-bond acceptors (Lipinski definition) is 6. The number of fused-ring (bicyclic) bond motifs is 3. The minimum absolute atomic E-state index is 0.00278. The van der Waals surface area contributed by atoms with Gasteiger partial charge in [0.2, 0.25) is 5.82 Å².